The van der Waals surface area contributed by atoms with Crippen molar-refractivity contribution >= 4 is 17.0 Å². The highest BCUT2D eigenvalue weighted by atomic mass is 15.1. The molecule has 0 unspecified atom stereocenters. The first-order chi connectivity index (χ1) is 5.81. The number of nitrogen functional groups attached to an aromatic ring is 1. The van der Waals surface area contributed by atoms with Crippen molar-refractivity contribution < 1.29 is 0 Å². The highest BCUT2D eigenvalue weighted by molar-refractivity contribution is 5.75. The van der Waals surface area contributed by atoms with Gasteiger partial charge in [0.15, 0.2) is 0 Å². The highest BCUT2D eigenvalue weighted by Crippen LogP contribution is 2.12. The topological polar surface area (TPSA) is 56.7 Å². The Hall–Kier alpha value is -1.58. The molecule has 0 aromatic carbocycles. The monoisotopic (exact) mass is 162 g/mol. The minimum absolute atomic E-state index is 0.330. The molecule has 0 saturated heterocycles. The number of nitrogens with zero attached hydrogens (tertiary/aromatic N) is 3. The van der Waals surface area contributed by atoms with E-state index in [2.05, 4.69) is 16.9 Å². The number of hydrogen-bond donors (Lipinski definition) is 1. The maximum Gasteiger partial charge on any atom is 0.221 e. The molecule has 0 saturated carbocycles. The molecule has 12 heavy (non-hydrogen) atoms. The molecule has 4 nitrogen and oxygen atoms in total. The Morgan fingerprint density at radius 2 is 2.42 bits per heavy atom. The van der Waals surface area contributed by atoms with E-state index in [0.717, 1.165) is 17.6 Å². The van der Waals surface area contributed by atoms with Crippen molar-refractivity contribution in [3.05, 3.63) is 18.5 Å². The van der Waals surface area contributed by atoms with Gasteiger partial charge in [-0.25, -0.2) is 4.98 Å². The molecule has 2 rings (SSSR count). The van der Waals surface area contributed by atoms with Crippen LogP contribution in [0.3, 0.4) is 0 Å². The summed E-state index contributed by atoms with van der Waals surface area (Å²) in [6.45, 7) is 2.97. The van der Waals surface area contributed by atoms with E-state index in [9.17, 15) is 0 Å². The minimum atomic E-state index is 0.330. The summed E-state index contributed by atoms with van der Waals surface area (Å²) >= 11 is 0. The molecule has 2 heterocycles. The first-order valence-corrected chi connectivity index (χ1v) is 3.88. The molecule has 4 heteroatoms. The average Bonchev–Trinajstić information content (AvgIpc) is 2.46. The second-order valence-electron chi connectivity index (χ2n) is 2.61. The predicted molar refractivity (Wildman–Crippen MR) is 47.6 cm³/mol. The van der Waals surface area contributed by atoms with E-state index >= 15 is 0 Å². The second kappa shape index (κ2) is 2.48. The lowest BCUT2D eigenvalue weighted by molar-refractivity contribution is 0.787. The summed E-state index contributed by atoms with van der Waals surface area (Å²) in [7, 11) is 0. The van der Waals surface area contributed by atoms with E-state index in [1.807, 2.05) is 16.8 Å². The number of rotatable bonds is 1. The van der Waals surface area contributed by atoms with E-state index in [-0.39, 0.29) is 0 Å². The number of aromatic nitrogens is 3. The first kappa shape index (κ1) is 7.09. The standard InChI is InChI=1S/C8H10N4/c1-2-12-4-3-6-5-10-8(9)11-7(6)12/h3-5H,2H2,1H3,(H2,9,10,11). The Morgan fingerprint density at radius 3 is 3.17 bits per heavy atom. The zero-order valence-corrected chi connectivity index (χ0v) is 6.86. The van der Waals surface area contributed by atoms with Gasteiger partial charge in [-0.15, -0.1) is 0 Å². The van der Waals surface area contributed by atoms with Crippen LogP contribution in [0.2, 0.25) is 0 Å². The largest absolute Gasteiger partial charge is 0.368 e. The van der Waals surface area contributed by atoms with Crippen LogP contribution in [-0.4, -0.2) is 14.5 Å². The number of hydrogen-bond acceptors (Lipinski definition) is 3. The molecule has 0 amide bonds. The van der Waals surface area contributed by atoms with Crippen molar-refractivity contribution in [2.45, 2.75) is 13.5 Å². The molecular formula is C8H10N4. The van der Waals surface area contributed by atoms with Gasteiger partial charge in [0.1, 0.15) is 5.65 Å². The highest BCUT2D eigenvalue weighted by Gasteiger charge is 2.00. The maximum atomic E-state index is 5.47. The van der Waals surface area contributed by atoms with Gasteiger partial charge in [0.05, 0.1) is 0 Å². The Morgan fingerprint density at radius 1 is 1.58 bits per heavy atom. The third kappa shape index (κ3) is 0.922. The van der Waals surface area contributed by atoms with Gasteiger partial charge in [0.2, 0.25) is 5.95 Å². The van der Waals surface area contributed by atoms with Gasteiger partial charge < -0.3 is 10.3 Å². The quantitative estimate of drug-likeness (QED) is 0.681. The number of nitrogens with two attached hydrogens (primary N) is 1. The van der Waals surface area contributed by atoms with Crippen molar-refractivity contribution in [3.63, 3.8) is 0 Å². The van der Waals surface area contributed by atoms with Crippen LogP contribution in [0.1, 0.15) is 6.92 Å². The summed E-state index contributed by atoms with van der Waals surface area (Å²) in [6.07, 6.45) is 3.72. The summed E-state index contributed by atoms with van der Waals surface area (Å²) in [5, 5.41) is 1.03. The van der Waals surface area contributed by atoms with E-state index in [4.69, 9.17) is 5.73 Å². The van der Waals surface area contributed by atoms with Crippen molar-refractivity contribution in [3.8, 4) is 0 Å². The maximum absolute atomic E-state index is 5.47. The van der Waals surface area contributed by atoms with Crippen molar-refractivity contribution in [2.75, 3.05) is 5.73 Å². The van der Waals surface area contributed by atoms with E-state index < -0.39 is 0 Å². The van der Waals surface area contributed by atoms with Crippen LogP contribution in [0.4, 0.5) is 5.95 Å². The molecule has 2 aromatic rings. The Kier molecular flexibility index (Phi) is 1.46. The zero-order valence-electron chi connectivity index (χ0n) is 6.86. The van der Waals surface area contributed by atoms with Gasteiger partial charge in [0.25, 0.3) is 0 Å². The van der Waals surface area contributed by atoms with Crippen LogP contribution in [0.25, 0.3) is 11.0 Å². The lowest BCUT2D eigenvalue weighted by atomic mass is 10.4. The molecule has 62 valence electrons. The molecule has 2 aromatic heterocycles. The van der Waals surface area contributed by atoms with Gasteiger partial charge >= 0.3 is 0 Å². The van der Waals surface area contributed by atoms with Crippen molar-refractivity contribution in [2.24, 2.45) is 0 Å². The lowest BCUT2D eigenvalue weighted by Crippen LogP contribution is -1.98. The van der Waals surface area contributed by atoms with Crippen LogP contribution in [-0.2, 0) is 6.54 Å². The summed E-state index contributed by atoms with van der Waals surface area (Å²) in [5.41, 5.74) is 6.38. The summed E-state index contributed by atoms with van der Waals surface area (Å²) < 4.78 is 2.04. The molecule has 0 atom stereocenters. The van der Waals surface area contributed by atoms with Crippen molar-refractivity contribution in [1.82, 2.24) is 14.5 Å². The summed E-state index contributed by atoms with van der Waals surface area (Å²) in [4.78, 5) is 8.04. The molecule has 0 aliphatic heterocycles. The molecule has 0 spiro atoms. The zero-order chi connectivity index (χ0) is 8.55. The van der Waals surface area contributed by atoms with Gasteiger partial charge in [-0.2, -0.15) is 4.98 Å². The normalized spacial score (nSPS) is 10.8. The SMILES string of the molecule is CCn1ccc2cnc(N)nc21. The van der Waals surface area contributed by atoms with Crippen LogP contribution >= 0.6 is 0 Å². The molecule has 0 bridgehead atoms. The van der Waals surface area contributed by atoms with Crippen molar-refractivity contribution in [1.29, 1.82) is 0 Å². The molecular weight excluding hydrogens is 152 g/mol. The van der Waals surface area contributed by atoms with E-state index in [0.29, 0.717) is 5.95 Å². The molecule has 0 aliphatic carbocycles. The van der Waals surface area contributed by atoms with Gasteiger partial charge in [0, 0.05) is 24.3 Å². The smallest absolute Gasteiger partial charge is 0.221 e. The Bertz CT molecular complexity index is 404. The fraction of sp³-hybridized carbons (Fsp3) is 0.250. The predicted octanol–water partition coefficient (Wildman–Crippen LogP) is 1.03. The Balaban J connectivity index is 2.75. The van der Waals surface area contributed by atoms with Gasteiger partial charge in [-0.3, -0.25) is 0 Å². The molecule has 2 N–H and O–H groups in total. The summed E-state index contributed by atoms with van der Waals surface area (Å²) in [5.74, 6) is 0.330. The van der Waals surface area contributed by atoms with E-state index in [1.54, 1.807) is 6.20 Å². The third-order valence-corrected chi connectivity index (χ3v) is 1.86. The van der Waals surface area contributed by atoms with Gasteiger partial charge in [-0.05, 0) is 13.0 Å². The minimum Gasteiger partial charge on any atom is -0.368 e. The fourth-order valence-corrected chi connectivity index (χ4v) is 1.24. The molecule has 0 fully saturated rings. The summed E-state index contributed by atoms with van der Waals surface area (Å²) in [6, 6.07) is 1.98. The second-order valence-corrected chi connectivity index (χ2v) is 2.61. The average molecular weight is 162 g/mol. The molecule has 0 aliphatic rings. The Labute approximate surface area is 70.0 Å². The van der Waals surface area contributed by atoms with E-state index in [1.165, 1.54) is 0 Å². The number of anilines is 1. The number of aryl methyl sites for hydroxylation is 1. The van der Waals surface area contributed by atoms with Crippen LogP contribution < -0.4 is 5.73 Å². The van der Waals surface area contributed by atoms with Crippen LogP contribution in [0, 0.1) is 0 Å². The van der Waals surface area contributed by atoms with Gasteiger partial charge in [-0.1, -0.05) is 0 Å². The lowest BCUT2D eigenvalue weighted by Gasteiger charge is -1.98. The van der Waals surface area contributed by atoms with Crippen LogP contribution in [0.15, 0.2) is 18.5 Å². The first-order valence-electron chi connectivity index (χ1n) is 3.88. The molecule has 0 radical (unpaired) electrons. The fourth-order valence-electron chi connectivity index (χ4n) is 1.24. The van der Waals surface area contributed by atoms with Crippen LogP contribution in [0.5, 0.6) is 0 Å². The third-order valence-electron chi connectivity index (χ3n) is 1.86. The number of fused-ring (bicyclic) bond motifs is 1.